The lowest BCUT2D eigenvalue weighted by Crippen LogP contribution is -2.31. The van der Waals surface area contributed by atoms with Gasteiger partial charge in [0, 0.05) is 23.8 Å². The third kappa shape index (κ3) is 4.06. The average Bonchev–Trinajstić information content (AvgIpc) is 3.07. The van der Waals surface area contributed by atoms with Crippen LogP contribution in [0.4, 0.5) is 0 Å². The molecule has 0 amide bonds. The minimum absolute atomic E-state index is 0.210. The summed E-state index contributed by atoms with van der Waals surface area (Å²) in [4.78, 5) is 18.7. The number of hydrogen-bond donors (Lipinski definition) is 1. The summed E-state index contributed by atoms with van der Waals surface area (Å²) in [5.41, 5.74) is 4.22. The van der Waals surface area contributed by atoms with Gasteiger partial charge in [-0.25, -0.2) is 4.79 Å². The molecule has 1 aliphatic rings. The van der Waals surface area contributed by atoms with Gasteiger partial charge in [-0.2, -0.15) is 0 Å². The highest BCUT2D eigenvalue weighted by atomic mass is 16.5. The number of rotatable bonds is 5. The molecule has 132 valence electrons. The van der Waals surface area contributed by atoms with Gasteiger partial charge in [0.25, 0.3) is 0 Å². The van der Waals surface area contributed by atoms with Crippen molar-refractivity contribution in [3.8, 4) is 11.3 Å². The van der Waals surface area contributed by atoms with Crippen LogP contribution in [0.25, 0.3) is 11.3 Å². The fourth-order valence-corrected chi connectivity index (χ4v) is 3.43. The second kappa shape index (κ2) is 7.76. The Kier molecular flexibility index (Phi) is 5.46. The molecule has 2 aromatic rings. The summed E-state index contributed by atoms with van der Waals surface area (Å²) >= 11 is 0. The summed E-state index contributed by atoms with van der Waals surface area (Å²) in [5, 5.41) is 9.49. The molecule has 1 fully saturated rings. The molecule has 0 spiro atoms. The van der Waals surface area contributed by atoms with Crippen molar-refractivity contribution >= 4 is 5.97 Å². The first kappa shape index (κ1) is 17.6. The third-order valence-electron chi connectivity index (χ3n) is 4.69. The van der Waals surface area contributed by atoms with Gasteiger partial charge >= 0.3 is 5.97 Å². The predicted molar refractivity (Wildman–Crippen MR) is 96.3 cm³/mol. The van der Waals surface area contributed by atoms with Crippen molar-refractivity contribution in [2.75, 3.05) is 20.3 Å². The molecular weight excluding hydrogens is 316 g/mol. The van der Waals surface area contributed by atoms with E-state index in [-0.39, 0.29) is 18.6 Å². The number of esters is 1. The first-order valence-electron chi connectivity index (χ1n) is 8.62. The molecule has 0 bridgehead atoms. The zero-order chi connectivity index (χ0) is 17.8. The Bertz CT molecular complexity index is 760. The molecule has 3 rings (SSSR count). The molecule has 0 unspecified atom stereocenters. The maximum atomic E-state index is 11.8. The first-order chi connectivity index (χ1) is 12.1. The standard InChI is InChI=1S/C20H24N2O3/c1-14-9-17(20(24)25-2)11-19(21-14)16-6-3-5-15(10-16)12-22-8-4-7-18(22)13-23/h3,5-6,9-11,18,23H,4,7-8,12-13H2,1-2H3/t18-/m0/s1. The van der Waals surface area contributed by atoms with E-state index in [9.17, 15) is 9.90 Å². The lowest BCUT2D eigenvalue weighted by molar-refractivity contribution is 0.0600. The number of pyridine rings is 1. The van der Waals surface area contributed by atoms with E-state index in [1.807, 2.05) is 19.1 Å². The van der Waals surface area contributed by atoms with Crippen LogP contribution >= 0.6 is 0 Å². The van der Waals surface area contributed by atoms with Gasteiger partial charge < -0.3 is 9.84 Å². The van der Waals surface area contributed by atoms with Crippen LogP contribution in [0.1, 0.15) is 34.5 Å². The number of ether oxygens (including phenoxy) is 1. The van der Waals surface area contributed by atoms with Gasteiger partial charge in [0.2, 0.25) is 0 Å². The maximum Gasteiger partial charge on any atom is 0.337 e. The largest absolute Gasteiger partial charge is 0.465 e. The second-order valence-corrected chi connectivity index (χ2v) is 6.52. The van der Waals surface area contributed by atoms with Gasteiger partial charge in [0.15, 0.2) is 0 Å². The predicted octanol–water partition coefficient (Wildman–Crippen LogP) is 2.80. The SMILES string of the molecule is COC(=O)c1cc(C)nc(-c2cccc(CN3CCC[C@H]3CO)c2)c1. The number of hydrogen-bond acceptors (Lipinski definition) is 5. The number of carbonyl (C=O) groups excluding carboxylic acids is 1. The molecule has 0 saturated carbocycles. The fraction of sp³-hybridized carbons (Fsp3) is 0.400. The maximum absolute atomic E-state index is 11.8. The number of methoxy groups -OCH3 is 1. The molecule has 5 nitrogen and oxygen atoms in total. The van der Waals surface area contributed by atoms with Gasteiger partial charge in [-0.15, -0.1) is 0 Å². The molecule has 1 atom stereocenters. The number of likely N-dealkylation sites (tertiary alicyclic amines) is 1. The van der Waals surface area contributed by atoms with Crippen LogP contribution < -0.4 is 0 Å². The molecule has 1 aliphatic heterocycles. The van der Waals surface area contributed by atoms with E-state index in [1.54, 1.807) is 12.1 Å². The highest BCUT2D eigenvalue weighted by Crippen LogP contribution is 2.24. The van der Waals surface area contributed by atoms with Crippen LogP contribution in [0, 0.1) is 6.92 Å². The van der Waals surface area contributed by atoms with Crippen molar-refractivity contribution in [1.82, 2.24) is 9.88 Å². The number of benzene rings is 1. The Morgan fingerprint density at radius 1 is 1.36 bits per heavy atom. The average molecular weight is 340 g/mol. The highest BCUT2D eigenvalue weighted by Gasteiger charge is 2.23. The normalized spacial score (nSPS) is 17.6. The smallest absolute Gasteiger partial charge is 0.337 e. The molecule has 1 N–H and O–H groups in total. The van der Waals surface area contributed by atoms with Crippen LogP contribution in [0.15, 0.2) is 36.4 Å². The first-order valence-corrected chi connectivity index (χ1v) is 8.62. The monoisotopic (exact) mass is 340 g/mol. The quantitative estimate of drug-likeness (QED) is 0.848. The molecule has 25 heavy (non-hydrogen) atoms. The van der Waals surface area contributed by atoms with Gasteiger partial charge in [-0.1, -0.05) is 18.2 Å². The second-order valence-electron chi connectivity index (χ2n) is 6.52. The fourth-order valence-electron chi connectivity index (χ4n) is 3.43. The Balaban J connectivity index is 1.86. The summed E-state index contributed by atoms with van der Waals surface area (Å²) in [6, 6.07) is 12.0. The number of aromatic nitrogens is 1. The summed E-state index contributed by atoms with van der Waals surface area (Å²) in [5.74, 6) is -0.356. The van der Waals surface area contributed by atoms with Crippen LogP contribution in [-0.2, 0) is 11.3 Å². The third-order valence-corrected chi connectivity index (χ3v) is 4.69. The Morgan fingerprint density at radius 3 is 2.96 bits per heavy atom. The topological polar surface area (TPSA) is 62.7 Å². The zero-order valence-corrected chi connectivity index (χ0v) is 14.7. The van der Waals surface area contributed by atoms with Gasteiger partial charge in [-0.05, 0) is 50.1 Å². The number of aliphatic hydroxyl groups is 1. The molecule has 0 aliphatic carbocycles. The van der Waals surface area contributed by atoms with E-state index in [1.165, 1.54) is 12.7 Å². The van der Waals surface area contributed by atoms with E-state index in [2.05, 4.69) is 22.0 Å². The zero-order valence-electron chi connectivity index (χ0n) is 14.7. The van der Waals surface area contributed by atoms with Crippen LogP contribution in [0.3, 0.4) is 0 Å². The van der Waals surface area contributed by atoms with Gasteiger partial charge in [-0.3, -0.25) is 9.88 Å². The molecule has 1 aromatic carbocycles. The van der Waals surface area contributed by atoms with E-state index in [0.29, 0.717) is 5.56 Å². The minimum atomic E-state index is -0.356. The number of aryl methyl sites for hydroxylation is 1. The molecule has 2 heterocycles. The van der Waals surface area contributed by atoms with Crippen LogP contribution in [0.2, 0.25) is 0 Å². The lowest BCUT2D eigenvalue weighted by Gasteiger charge is -2.22. The molecule has 1 saturated heterocycles. The summed E-state index contributed by atoms with van der Waals surface area (Å²) < 4.78 is 4.82. The number of carbonyl (C=O) groups is 1. The van der Waals surface area contributed by atoms with Crippen LogP contribution in [0.5, 0.6) is 0 Å². The van der Waals surface area contributed by atoms with E-state index < -0.39 is 0 Å². The van der Waals surface area contributed by atoms with Crippen molar-refractivity contribution in [1.29, 1.82) is 0 Å². The van der Waals surface area contributed by atoms with Gasteiger partial charge in [0.05, 0.1) is 25.0 Å². The minimum Gasteiger partial charge on any atom is -0.465 e. The highest BCUT2D eigenvalue weighted by molar-refractivity contribution is 5.90. The lowest BCUT2D eigenvalue weighted by atomic mass is 10.0. The van der Waals surface area contributed by atoms with E-state index >= 15 is 0 Å². The number of aliphatic hydroxyl groups excluding tert-OH is 1. The van der Waals surface area contributed by atoms with Crippen molar-refractivity contribution in [3.05, 3.63) is 53.2 Å². The summed E-state index contributed by atoms with van der Waals surface area (Å²) in [7, 11) is 1.38. The van der Waals surface area contributed by atoms with E-state index in [0.717, 1.165) is 42.9 Å². The van der Waals surface area contributed by atoms with E-state index in [4.69, 9.17) is 4.74 Å². The molecule has 1 aromatic heterocycles. The van der Waals surface area contributed by atoms with Gasteiger partial charge in [0.1, 0.15) is 0 Å². The van der Waals surface area contributed by atoms with Crippen molar-refractivity contribution in [2.24, 2.45) is 0 Å². The van der Waals surface area contributed by atoms with Crippen molar-refractivity contribution in [3.63, 3.8) is 0 Å². The Morgan fingerprint density at radius 2 is 2.20 bits per heavy atom. The molecule has 0 radical (unpaired) electrons. The van der Waals surface area contributed by atoms with Crippen molar-refractivity contribution in [2.45, 2.75) is 32.4 Å². The van der Waals surface area contributed by atoms with Crippen LogP contribution in [-0.4, -0.2) is 47.3 Å². The summed E-state index contributed by atoms with van der Waals surface area (Å²) in [6.45, 7) is 3.91. The Labute approximate surface area is 148 Å². The number of nitrogens with zero attached hydrogens (tertiary/aromatic N) is 2. The molecule has 5 heteroatoms. The molecular formula is C20H24N2O3. The van der Waals surface area contributed by atoms with Crippen molar-refractivity contribution < 1.29 is 14.6 Å². The summed E-state index contributed by atoms with van der Waals surface area (Å²) in [6.07, 6.45) is 2.19. The Hall–Kier alpha value is -2.24.